The maximum Gasteiger partial charge on any atom is 0.317 e. The van der Waals surface area contributed by atoms with Gasteiger partial charge >= 0.3 is 6.03 Å². The average molecular weight is 498 g/mol. The molecular formula is C16H14N6O9S2. The molecule has 15 nitrogen and oxygen atoms in total. The number of hydrogen-bond donors (Lipinski definition) is 2. The zero-order valence-electron chi connectivity index (χ0n) is 16.3. The number of nitro groups is 2. The van der Waals surface area contributed by atoms with Crippen LogP contribution in [0, 0.1) is 20.2 Å². The van der Waals surface area contributed by atoms with Crippen LogP contribution in [0.5, 0.6) is 0 Å². The summed E-state index contributed by atoms with van der Waals surface area (Å²) in [5.74, 6) is 0. The average Bonchev–Trinajstić information content (AvgIpc) is 3.31. The number of fused-ring (bicyclic) bond motifs is 1. The van der Waals surface area contributed by atoms with E-state index in [0.29, 0.717) is 0 Å². The molecule has 174 valence electrons. The second-order valence-corrected chi connectivity index (χ2v) is 10.7. The van der Waals surface area contributed by atoms with Crippen LogP contribution in [0.3, 0.4) is 0 Å². The number of carbonyl (C=O) groups excluding carboxylic acids is 1. The molecule has 0 radical (unpaired) electrons. The second kappa shape index (κ2) is 7.73. The summed E-state index contributed by atoms with van der Waals surface area (Å²) in [7, 11) is -8.78. The number of nitrogens with one attached hydrogen (secondary N) is 2. The lowest BCUT2D eigenvalue weighted by atomic mass is 10.3. The van der Waals surface area contributed by atoms with Crippen LogP contribution in [0.2, 0.25) is 0 Å². The van der Waals surface area contributed by atoms with Gasteiger partial charge in [-0.25, -0.2) is 21.6 Å². The Bertz CT molecular complexity index is 1260. The molecule has 2 amide bonds. The van der Waals surface area contributed by atoms with Crippen LogP contribution in [0.25, 0.3) is 0 Å². The van der Waals surface area contributed by atoms with E-state index in [2.05, 4.69) is 10.6 Å². The second-order valence-electron chi connectivity index (χ2n) is 6.94. The van der Waals surface area contributed by atoms with Gasteiger partial charge in [0.05, 0.1) is 26.3 Å². The summed E-state index contributed by atoms with van der Waals surface area (Å²) in [5.41, 5.74) is -0.682. The fourth-order valence-electron chi connectivity index (χ4n) is 3.44. The van der Waals surface area contributed by atoms with Gasteiger partial charge in [-0.15, -0.1) is 0 Å². The van der Waals surface area contributed by atoms with Crippen molar-refractivity contribution < 1.29 is 31.5 Å². The highest BCUT2D eigenvalue weighted by Crippen LogP contribution is 2.33. The van der Waals surface area contributed by atoms with Crippen LogP contribution in [0.4, 0.5) is 16.2 Å². The maximum atomic E-state index is 13.2. The summed E-state index contributed by atoms with van der Waals surface area (Å²) in [6.45, 7) is -0.693. The van der Waals surface area contributed by atoms with E-state index in [1.807, 2.05) is 0 Å². The predicted octanol–water partition coefficient (Wildman–Crippen LogP) is 0.121. The third-order valence-electron chi connectivity index (χ3n) is 5.06. The number of non-ortho nitro benzene ring substituents is 2. The summed E-state index contributed by atoms with van der Waals surface area (Å²) in [5, 5.41) is 26.3. The van der Waals surface area contributed by atoms with Gasteiger partial charge in [-0.3, -0.25) is 20.2 Å². The number of urea groups is 1. The zero-order chi connectivity index (χ0) is 24.1. The van der Waals surface area contributed by atoms with Crippen LogP contribution < -0.4 is 10.6 Å². The van der Waals surface area contributed by atoms with Gasteiger partial charge in [-0.1, -0.05) is 0 Å². The van der Waals surface area contributed by atoms with Crippen LogP contribution in [-0.2, 0) is 20.0 Å². The maximum absolute atomic E-state index is 13.2. The fourth-order valence-corrected chi connectivity index (χ4v) is 6.50. The molecule has 0 aromatic heterocycles. The van der Waals surface area contributed by atoms with E-state index in [1.165, 1.54) is 0 Å². The monoisotopic (exact) mass is 498 g/mol. The van der Waals surface area contributed by atoms with Crippen LogP contribution in [0.1, 0.15) is 0 Å². The molecule has 2 atom stereocenters. The van der Waals surface area contributed by atoms with Crippen molar-refractivity contribution in [3.63, 3.8) is 0 Å². The molecule has 0 spiro atoms. The first-order valence-electron chi connectivity index (χ1n) is 9.02. The standard InChI is InChI=1S/C16H14N6O9S2/c23-16-17-14-15(18-16)20(33(30,31)13-7-3-11(4-8-13)22(26)27)9-19(14)32(28,29)12-5-1-10(2-6-12)21(24)25/h1-8,14-15H,9H2,(H2,17,18,23)/t14-,15-/m1/s1. The molecule has 2 N–H and O–H groups in total. The first-order chi connectivity index (χ1) is 15.4. The van der Waals surface area contributed by atoms with Crippen LogP contribution in [-0.4, -0.2) is 60.3 Å². The molecule has 2 aliphatic heterocycles. The van der Waals surface area contributed by atoms with Crippen molar-refractivity contribution in [1.29, 1.82) is 0 Å². The van der Waals surface area contributed by atoms with Crippen LogP contribution >= 0.6 is 0 Å². The fraction of sp³-hybridized carbons (Fsp3) is 0.188. The molecule has 2 aromatic rings. The SMILES string of the molecule is O=C1N[C@H]2[C@H](N1)N(S(=O)(=O)c1ccc([N+](=O)[O-])cc1)CN2S(=O)(=O)c1ccc([N+](=O)[O-])cc1. The van der Waals surface area contributed by atoms with E-state index in [0.717, 1.165) is 57.1 Å². The Morgan fingerprint density at radius 1 is 0.727 bits per heavy atom. The number of rotatable bonds is 6. The minimum atomic E-state index is -4.39. The topological polar surface area (TPSA) is 202 Å². The number of sulfonamides is 2. The zero-order valence-corrected chi connectivity index (χ0v) is 17.9. The van der Waals surface area contributed by atoms with Crippen molar-refractivity contribution in [1.82, 2.24) is 19.2 Å². The van der Waals surface area contributed by atoms with Crippen LogP contribution in [0.15, 0.2) is 58.3 Å². The van der Waals surface area contributed by atoms with E-state index in [1.54, 1.807) is 0 Å². The van der Waals surface area contributed by atoms with E-state index in [9.17, 15) is 41.9 Å². The first-order valence-corrected chi connectivity index (χ1v) is 11.9. The van der Waals surface area contributed by atoms with Gasteiger partial charge in [0, 0.05) is 24.3 Å². The Labute approximate surface area is 186 Å². The predicted molar refractivity (Wildman–Crippen MR) is 108 cm³/mol. The molecule has 2 heterocycles. The van der Waals surface area contributed by atoms with Crippen molar-refractivity contribution in [2.24, 2.45) is 0 Å². The summed E-state index contributed by atoms with van der Waals surface area (Å²) < 4.78 is 54.2. The number of nitro benzene ring substituents is 2. The van der Waals surface area contributed by atoms with Crippen molar-refractivity contribution in [2.45, 2.75) is 22.1 Å². The van der Waals surface area contributed by atoms with E-state index in [-0.39, 0.29) is 21.2 Å². The number of nitrogens with zero attached hydrogens (tertiary/aromatic N) is 4. The molecule has 0 aliphatic carbocycles. The minimum Gasteiger partial charge on any atom is -0.318 e. The number of carbonyl (C=O) groups is 1. The third-order valence-corrected chi connectivity index (χ3v) is 8.72. The molecule has 0 unspecified atom stereocenters. The molecule has 33 heavy (non-hydrogen) atoms. The summed E-state index contributed by atoms with van der Waals surface area (Å²) >= 11 is 0. The first kappa shape index (κ1) is 22.5. The number of hydrogen-bond acceptors (Lipinski definition) is 9. The summed E-state index contributed by atoms with van der Waals surface area (Å²) in [6.07, 6.45) is -2.60. The van der Waals surface area contributed by atoms with Crippen molar-refractivity contribution in [3.05, 3.63) is 68.8 Å². The molecule has 2 fully saturated rings. The highest BCUT2D eigenvalue weighted by Gasteiger charge is 2.55. The summed E-state index contributed by atoms with van der Waals surface area (Å²) in [4.78, 5) is 31.5. The lowest BCUT2D eigenvalue weighted by Crippen LogP contribution is -2.46. The van der Waals surface area contributed by atoms with Gasteiger partial charge in [-0.05, 0) is 24.3 Å². The van der Waals surface area contributed by atoms with Gasteiger partial charge in [0.25, 0.3) is 11.4 Å². The smallest absolute Gasteiger partial charge is 0.317 e. The molecular weight excluding hydrogens is 484 g/mol. The van der Waals surface area contributed by atoms with E-state index in [4.69, 9.17) is 0 Å². The third kappa shape index (κ3) is 3.75. The Morgan fingerprint density at radius 2 is 1.06 bits per heavy atom. The van der Waals surface area contributed by atoms with Gasteiger partial charge in [-0.2, -0.15) is 8.61 Å². The molecule has 2 aliphatic rings. The highest BCUT2D eigenvalue weighted by molar-refractivity contribution is 7.90. The molecule has 2 saturated heterocycles. The highest BCUT2D eigenvalue weighted by atomic mass is 32.2. The quantitative estimate of drug-likeness (QED) is 0.409. The Morgan fingerprint density at radius 3 is 1.36 bits per heavy atom. The lowest BCUT2D eigenvalue weighted by molar-refractivity contribution is -0.385. The van der Waals surface area contributed by atoms with Gasteiger partial charge < -0.3 is 10.6 Å². The Balaban J connectivity index is 1.70. The van der Waals surface area contributed by atoms with Crippen molar-refractivity contribution >= 4 is 37.5 Å². The largest absolute Gasteiger partial charge is 0.318 e. The number of benzene rings is 2. The van der Waals surface area contributed by atoms with Gasteiger partial charge in [0.1, 0.15) is 12.3 Å². The molecule has 17 heteroatoms. The minimum absolute atomic E-state index is 0.341. The van der Waals surface area contributed by atoms with Gasteiger partial charge in [0.15, 0.2) is 0 Å². The van der Waals surface area contributed by atoms with Crippen molar-refractivity contribution in [2.75, 3.05) is 6.67 Å². The molecule has 0 bridgehead atoms. The lowest BCUT2D eigenvalue weighted by Gasteiger charge is -2.21. The Hall–Kier alpha value is -3.67. The normalized spacial score (nSPS) is 21.3. The molecule has 2 aromatic carbocycles. The van der Waals surface area contributed by atoms with E-state index >= 15 is 0 Å². The summed E-state index contributed by atoms with van der Waals surface area (Å²) in [6, 6.07) is 7.13. The van der Waals surface area contributed by atoms with E-state index < -0.39 is 54.9 Å². The van der Waals surface area contributed by atoms with Crippen molar-refractivity contribution in [3.8, 4) is 0 Å². The Kier molecular flexibility index (Phi) is 5.27. The molecule has 4 rings (SSSR count). The molecule has 0 saturated carbocycles. The van der Waals surface area contributed by atoms with Gasteiger partial charge in [0.2, 0.25) is 20.0 Å². The number of amides is 2.